The fraction of sp³-hybridized carbons (Fsp3) is 0.500. The number of aryl methyl sites for hydroxylation is 1. The molecule has 2 aliphatic rings. The number of nitrogens with one attached hydrogen (secondary N) is 1. The third kappa shape index (κ3) is 4.13. The van der Waals surface area contributed by atoms with Crippen LogP contribution in [0.15, 0.2) is 30.6 Å². The average Bonchev–Trinajstić information content (AvgIpc) is 3.18. The van der Waals surface area contributed by atoms with E-state index in [2.05, 4.69) is 25.2 Å². The van der Waals surface area contributed by atoms with Gasteiger partial charge in [-0.2, -0.15) is 0 Å². The number of amides is 2. The maximum Gasteiger partial charge on any atom is 0.318 e. The summed E-state index contributed by atoms with van der Waals surface area (Å²) in [6.07, 6.45) is 4.44. The molecule has 2 amide bonds. The minimum Gasteiger partial charge on any atom is -0.379 e. The van der Waals surface area contributed by atoms with Crippen molar-refractivity contribution in [2.45, 2.75) is 32.5 Å². The van der Waals surface area contributed by atoms with Crippen molar-refractivity contribution >= 4 is 6.03 Å². The molecule has 0 bridgehead atoms. The van der Waals surface area contributed by atoms with Gasteiger partial charge in [-0.3, -0.25) is 9.88 Å². The Morgan fingerprint density at radius 1 is 1.25 bits per heavy atom. The molecule has 0 aromatic carbocycles. The number of carbonyl (C=O) groups excluding carboxylic acids is 1. The van der Waals surface area contributed by atoms with E-state index in [4.69, 9.17) is 4.74 Å². The minimum atomic E-state index is -0.0785. The molecule has 1 fully saturated rings. The summed E-state index contributed by atoms with van der Waals surface area (Å²) >= 11 is 0. The Labute approximate surface area is 164 Å². The van der Waals surface area contributed by atoms with Gasteiger partial charge in [0.15, 0.2) is 0 Å². The third-order valence-electron chi connectivity index (χ3n) is 5.27. The van der Waals surface area contributed by atoms with Gasteiger partial charge >= 0.3 is 6.03 Å². The Hall–Kier alpha value is -2.58. The number of aromatic nitrogens is 3. The van der Waals surface area contributed by atoms with Crippen molar-refractivity contribution in [3.05, 3.63) is 53.4 Å². The van der Waals surface area contributed by atoms with Crippen LogP contribution in [0.5, 0.6) is 0 Å². The SMILES string of the molecule is CCc1ncc2c(n1)CN(C(=O)NC[C@H](c1ccccn1)N1CCOCC1)C2. The molecular weight excluding hydrogens is 356 g/mol. The average molecular weight is 382 g/mol. The van der Waals surface area contributed by atoms with Gasteiger partial charge in [-0.05, 0) is 12.1 Å². The molecular formula is C20H26N6O2. The highest BCUT2D eigenvalue weighted by atomic mass is 16.5. The van der Waals surface area contributed by atoms with Crippen molar-refractivity contribution in [1.82, 2.24) is 30.1 Å². The van der Waals surface area contributed by atoms with Gasteiger partial charge in [0.2, 0.25) is 0 Å². The van der Waals surface area contributed by atoms with Crippen LogP contribution < -0.4 is 5.32 Å². The van der Waals surface area contributed by atoms with Gasteiger partial charge in [0.05, 0.1) is 43.7 Å². The van der Waals surface area contributed by atoms with Gasteiger partial charge in [-0.15, -0.1) is 0 Å². The lowest BCUT2D eigenvalue weighted by Crippen LogP contribution is -2.46. The lowest BCUT2D eigenvalue weighted by atomic mass is 10.1. The van der Waals surface area contributed by atoms with Crippen LogP contribution in [0.1, 0.15) is 35.7 Å². The highest BCUT2D eigenvalue weighted by molar-refractivity contribution is 5.74. The van der Waals surface area contributed by atoms with Crippen LogP contribution in [0.25, 0.3) is 0 Å². The van der Waals surface area contributed by atoms with Crippen LogP contribution in [0, 0.1) is 0 Å². The summed E-state index contributed by atoms with van der Waals surface area (Å²) in [5.74, 6) is 0.823. The van der Waals surface area contributed by atoms with E-state index in [1.165, 1.54) is 0 Å². The Kier molecular flexibility index (Phi) is 5.78. The predicted molar refractivity (Wildman–Crippen MR) is 103 cm³/mol. The molecule has 0 aliphatic carbocycles. The lowest BCUT2D eigenvalue weighted by molar-refractivity contribution is 0.0156. The van der Waals surface area contributed by atoms with Crippen LogP contribution in [0.2, 0.25) is 0 Å². The van der Waals surface area contributed by atoms with Gasteiger partial charge < -0.3 is 15.0 Å². The highest BCUT2D eigenvalue weighted by Gasteiger charge is 2.28. The number of hydrogen-bond donors (Lipinski definition) is 1. The van der Waals surface area contributed by atoms with Crippen LogP contribution >= 0.6 is 0 Å². The molecule has 4 rings (SSSR count). The zero-order valence-corrected chi connectivity index (χ0v) is 16.2. The predicted octanol–water partition coefficient (Wildman–Crippen LogP) is 1.53. The van der Waals surface area contributed by atoms with E-state index in [9.17, 15) is 4.79 Å². The number of hydrogen-bond acceptors (Lipinski definition) is 6. The van der Waals surface area contributed by atoms with Gasteiger partial charge in [-0.1, -0.05) is 13.0 Å². The summed E-state index contributed by atoms with van der Waals surface area (Å²) in [5, 5.41) is 3.10. The number of fused-ring (bicyclic) bond motifs is 1. The van der Waals surface area contributed by atoms with Crippen molar-refractivity contribution < 1.29 is 9.53 Å². The molecule has 148 valence electrons. The van der Waals surface area contributed by atoms with Crippen LogP contribution in [-0.2, 0) is 24.2 Å². The van der Waals surface area contributed by atoms with E-state index < -0.39 is 0 Å². The number of morpholine rings is 1. The zero-order chi connectivity index (χ0) is 19.3. The van der Waals surface area contributed by atoms with Gasteiger partial charge in [0, 0.05) is 44.0 Å². The summed E-state index contributed by atoms with van der Waals surface area (Å²) in [7, 11) is 0. The minimum absolute atomic E-state index is 0.0329. The lowest BCUT2D eigenvalue weighted by Gasteiger charge is -2.34. The molecule has 0 radical (unpaired) electrons. The summed E-state index contributed by atoms with van der Waals surface area (Å²) in [5.41, 5.74) is 2.95. The molecule has 4 heterocycles. The molecule has 2 aliphatic heterocycles. The molecule has 0 spiro atoms. The fourth-order valence-corrected chi connectivity index (χ4v) is 3.69. The van der Waals surface area contributed by atoms with Crippen LogP contribution in [0.3, 0.4) is 0 Å². The molecule has 8 nitrogen and oxygen atoms in total. The van der Waals surface area contributed by atoms with E-state index in [1.54, 1.807) is 11.1 Å². The van der Waals surface area contributed by atoms with E-state index in [-0.39, 0.29) is 12.1 Å². The van der Waals surface area contributed by atoms with Crippen molar-refractivity contribution in [3.63, 3.8) is 0 Å². The summed E-state index contributed by atoms with van der Waals surface area (Å²) < 4.78 is 5.48. The number of carbonyl (C=O) groups is 1. The molecule has 8 heteroatoms. The standard InChI is InChI=1S/C20H26N6O2/c1-2-19-22-11-15-13-26(14-17(15)24-19)20(27)23-12-18(16-5-3-4-6-21-16)25-7-9-28-10-8-25/h3-6,11,18H,2,7-10,12-14H2,1H3,(H,23,27)/t18-/m1/s1. The van der Waals surface area contributed by atoms with Crippen molar-refractivity contribution in [2.75, 3.05) is 32.8 Å². The number of nitrogens with zero attached hydrogens (tertiary/aromatic N) is 5. The van der Waals surface area contributed by atoms with E-state index in [0.717, 1.165) is 42.3 Å². The molecule has 1 N–H and O–H groups in total. The maximum atomic E-state index is 12.8. The quantitative estimate of drug-likeness (QED) is 0.844. The number of rotatable bonds is 5. The van der Waals surface area contributed by atoms with E-state index in [1.807, 2.05) is 31.3 Å². The van der Waals surface area contributed by atoms with Crippen LogP contribution in [-0.4, -0.2) is 63.6 Å². The van der Waals surface area contributed by atoms with Crippen molar-refractivity contribution in [1.29, 1.82) is 0 Å². The molecule has 0 saturated carbocycles. The molecule has 1 atom stereocenters. The summed E-state index contributed by atoms with van der Waals surface area (Å²) in [4.78, 5) is 30.3. The Bertz CT molecular complexity index is 810. The second kappa shape index (κ2) is 8.62. The first kappa shape index (κ1) is 18.8. The zero-order valence-electron chi connectivity index (χ0n) is 16.2. The van der Waals surface area contributed by atoms with Crippen molar-refractivity contribution in [2.24, 2.45) is 0 Å². The number of urea groups is 1. The normalized spacial score (nSPS) is 18.0. The van der Waals surface area contributed by atoms with Gasteiger partial charge in [-0.25, -0.2) is 14.8 Å². The van der Waals surface area contributed by atoms with E-state index in [0.29, 0.717) is 32.8 Å². The molecule has 1 saturated heterocycles. The van der Waals surface area contributed by atoms with E-state index >= 15 is 0 Å². The topological polar surface area (TPSA) is 83.5 Å². The Morgan fingerprint density at radius 3 is 2.86 bits per heavy atom. The largest absolute Gasteiger partial charge is 0.379 e. The summed E-state index contributed by atoms with van der Waals surface area (Å²) in [6, 6.07) is 5.86. The third-order valence-corrected chi connectivity index (χ3v) is 5.27. The first-order valence-corrected chi connectivity index (χ1v) is 9.83. The Balaban J connectivity index is 1.40. The second-order valence-electron chi connectivity index (χ2n) is 7.07. The van der Waals surface area contributed by atoms with Crippen LogP contribution in [0.4, 0.5) is 4.79 Å². The molecule has 28 heavy (non-hydrogen) atoms. The number of ether oxygens (including phenoxy) is 1. The molecule has 2 aromatic rings. The fourth-order valence-electron chi connectivity index (χ4n) is 3.69. The maximum absolute atomic E-state index is 12.8. The Morgan fingerprint density at radius 2 is 2.11 bits per heavy atom. The second-order valence-corrected chi connectivity index (χ2v) is 7.07. The highest BCUT2D eigenvalue weighted by Crippen LogP contribution is 2.22. The molecule has 0 unspecified atom stereocenters. The number of pyridine rings is 1. The van der Waals surface area contributed by atoms with Crippen molar-refractivity contribution in [3.8, 4) is 0 Å². The molecule has 2 aromatic heterocycles. The monoisotopic (exact) mass is 382 g/mol. The smallest absolute Gasteiger partial charge is 0.318 e. The summed E-state index contributed by atoms with van der Waals surface area (Å²) in [6.45, 7) is 6.70. The van der Waals surface area contributed by atoms with Gasteiger partial charge in [0.25, 0.3) is 0 Å². The van der Waals surface area contributed by atoms with Gasteiger partial charge in [0.1, 0.15) is 5.82 Å². The first-order valence-electron chi connectivity index (χ1n) is 9.83. The first-order chi connectivity index (χ1) is 13.7.